The number of benzene rings is 1. The summed E-state index contributed by atoms with van der Waals surface area (Å²) in [7, 11) is 0. The summed E-state index contributed by atoms with van der Waals surface area (Å²) >= 11 is 6.53. The van der Waals surface area contributed by atoms with Crippen LogP contribution in [0.3, 0.4) is 0 Å². The summed E-state index contributed by atoms with van der Waals surface area (Å²) < 4.78 is 10.9. The molecule has 0 aliphatic carbocycles. The Morgan fingerprint density at radius 2 is 1.94 bits per heavy atom. The van der Waals surface area contributed by atoms with Crippen LogP contribution in [0.4, 0.5) is 0 Å². The summed E-state index contributed by atoms with van der Waals surface area (Å²) in [5, 5.41) is 1.53. The minimum absolute atomic E-state index is 0.247. The summed E-state index contributed by atoms with van der Waals surface area (Å²) in [4.78, 5) is 21.0. The van der Waals surface area contributed by atoms with Crippen molar-refractivity contribution >= 4 is 28.2 Å². The third kappa shape index (κ3) is 3.62. The number of fused-ring (bicyclic) bond motifs is 3. The molecule has 3 aliphatic rings. The van der Waals surface area contributed by atoms with E-state index in [9.17, 15) is 0 Å². The van der Waals surface area contributed by atoms with Crippen molar-refractivity contribution in [1.29, 1.82) is 0 Å². The van der Waals surface area contributed by atoms with Crippen molar-refractivity contribution in [1.82, 2.24) is 19.9 Å². The van der Waals surface area contributed by atoms with Gasteiger partial charge in [-0.2, -0.15) is 0 Å². The van der Waals surface area contributed by atoms with E-state index in [-0.39, 0.29) is 6.79 Å². The number of hydrogen-bond acceptors (Lipinski definition) is 7. The molecule has 6 rings (SSSR count). The molecule has 0 spiro atoms. The molecule has 2 aromatic heterocycles. The predicted molar refractivity (Wildman–Crippen MR) is 118 cm³/mol. The summed E-state index contributed by atoms with van der Waals surface area (Å²) in [6, 6.07) is 5.96. The zero-order valence-electron chi connectivity index (χ0n) is 17.1. The molecule has 0 saturated carbocycles. The lowest BCUT2D eigenvalue weighted by molar-refractivity contribution is 0.174. The highest BCUT2D eigenvalue weighted by Crippen LogP contribution is 2.36. The Morgan fingerprint density at radius 1 is 1.03 bits per heavy atom. The van der Waals surface area contributed by atoms with Gasteiger partial charge in [-0.25, -0.2) is 15.0 Å². The van der Waals surface area contributed by atoms with E-state index in [1.165, 1.54) is 18.4 Å². The maximum atomic E-state index is 6.53. The van der Waals surface area contributed by atoms with Gasteiger partial charge < -0.3 is 9.47 Å². The Kier molecular flexibility index (Phi) is 4.73. The molecule has 158 valence electrons. The SMILES string of the molecule is Clc1nc2cc3c(cc2cc1CN1CCc2nc(C4=NCCCC4)ncc2C1)OCO3. The molecular formula is C23H22ClN5O2. The Labute approximate surface area is 185 Å². The van der Waals surface area contributed by atoms with Gasteiger partial charge in [0.15, 0.2) is 17.3 Å². The molecule has 31 heavy (non-hydrogen) atoms. The van der Waals surface area contributed by atoms with Gasteiger partial charge in [0.05, 0.1) is 16.9 Å². The van der Waals surface area contributed by atoms with E-state index in [4.69, 9.17) is 26.1 Å². The first-order valence-corrected chi connectivity index (χ1v) is 11.1. The van der Waals surface area contributed by atoms with E-state index in [0.717, 1.165) is 84.2 Å². The molecule has 0 unspecified atom stereocenters. The van der Waals surface area contributed by atoms with Gasteiger partial charge >= 0.3 is 0 Å². The average Bonchev–Trinajstić information content (AvgIpc) is 3.25. The number of aromatic nitrogens is 3. The number of hydrogen-bond donors (Lipinski definition) is 0. The number of halogens is 1. The molecule has 0 bridgehead atoms. The van der Waals surface area contributed by atoms with E-state index in [1.807, 2.05) is 18.3 Å². The van der Waals surface area contributed by atoms with Crippen LogP contribution in [0, 0.1) is 0 Å². The highest BCUT2D eigenvalue weighted by atomic mass is 35.5. The van der Waals surface area contributed by atoms with Gasteiger partial charge in [-0.15, -0.1) is 0 Å². The third-order valence-electron chi connectivity index (χ3n) is 6.12. The van der Waals surface area contributed by atoms with Crippen molar-refractivity contribution < 1.29 is 9.47 Å². The van der Waals surface area contributed by atoms with Gasteiger partial charge in [0, 0.05) is 61.4 Å². The van der Waals surface area contributed by atoms with Crippen molar-refractivity contribution in [3.63, 3.8) is 0 Å². The quantitative estimate of drug-likeness (QED) is 0.580. The molecule has 0 saturated heterocycles. The zero-order chi connectivity index (χ0) is 20.8. The van der Waals surface area contributed by atoms with E-state index >= 15 is 0 Å². The molecule has 0 N–H and O–H groups in total. The van der Waals surface area contributed by atoms with Crippen molar-refractivity contribution in [3.8, 4) is 11.5 Å². The third-order valence-corrected chi connectivity index (χ3v) is 6.45. The first kappa shape index (κ1) is 19.0. The van der Waals surface area contributed by atoms with Gasteiger partial charge in [0.2, 0.25) is 6.79 Å². The standard InChI is InChI=1S/C23H22ClN5O2/c24-22-15(7-14-8-20-21(31-13-30-20)9-19(14)27-22)11-29-6-4-17-16(12-29)10-26-23(28-17)18-3-1-2-5-25-18/h7-10H,1-6,11-13H2. The average molecular weight is 436 g/mol. The molecule has 3 aliphatic heterocycles. The lowest BCUT2D eigenvalue weighted by atomic mass is 10.0. The zero-order valence-corrected chi connectivity index (χ0v) is 17.9. The first-order chi connectivity index (χ1) is 15.2. The Balaban J connectivity index is 1.22. The van der Waals surface area contributed by atoms with Crippen LogP contribution in [0.5, 0.6) is 11.5 Å². The van der Waals surface area contributed by atoms with Crippen LogP contribution in [0.25, 0.3) is 10.9 Å². The second kappa shape index (κ2) is 7.73. The van der Waals surface area contributed by atoms with Crippen LogP contribution in [-0.4, -0.2) is 45.4 Å². The predicted octanol–water partition coefficient (Wildman–Crippen LogP) is 3.94. The van der Waals surface area contributed by atoms with Gasteiger partial charge in [0.1, 0.15) is 5.15 Å². The number of aliphatic imine (C=N–C) groups is 1. The topological polar surface area (TPSA) is 72.7 Å². The summed E-state index contributed by atoms with van der Waals surface area (Å²) in [6.07, 6.45) is 6.20. The minimum Gasteiger partial charge on any atom is -0.454 e. The largest absolute Gasteiger partial charge is 0.454 e. The maximum Gasteiger partial charge on any atom is 0.231 e. The summed E-state index contributed by atoms with van der Waals surface area (Å²) in [5.74, 6) is 2.28. The van der Waals surface area contributed by atoms with Crippen LogP contribution >= 0.6 is 11.6 Å². The monoisotopic (exact) mass is 435 g/mol. The Morgan fingerprint density at radius 3 is 2.81 bits per heavy atom. The van der Waals surface area contributed by atoms with Crippen molar-refractivity contribution in [2.75, 3.05) is 19.9 Å². The second-order valence-corrected chi connectivity index (χ2v) is 8.61. The fourth-order valence-electron chi connectivity index (χ4n) is 4.46. The minimum atomic E-state index is 0.247. The number of ether oxygens (including phenoxy) is 2. The number of nitrogens with zero attached hydrogens (tertiary/aromatic N) is 5. The number of pyridine rings is 1. The highest BCUT2D eigenvalue weighted by molar-refractivity contribution is 6.30. The van der Waals surface area contributed by atoms with E-state index < -0.39 is 0 Å². The maximum absolute atomic E-state index is 6.53. The molecule has 0 amide bonds. The van der Waals surface area contributed by atoms with Crippen LogP contribution in [0.2, 0.25) is 5.15 Å². The van der Waals surface area contributed by atoms with E-state index in [2.05, 4.69) is 25.9 Å². The van der Waals surface area contributed by atoms with Gasteiger partial charge in [-0.3, -0.25) is 9.89 Å². The van der Waals surface area contributed by atoms with Gasteiger partial charge in [0.25, 0.3) is 0 Å². The molecule has 1 aromatic carbocycles. The molecule has 3 aromatic rings. The lowest BCUT2D eigenvalue weighted by Gasteiger charge is -2.28. The van der Waals surface area contributed by atoms with Crippen LogP contribution in [0.1, 0.15) is 41.9 Å². The Bertz CT molecular complexity index is 1210. The molecule has 5 heterocycles. The summed E-state index contributed by atoms with van der Waals surface area (Å²) in [6.45, 7) is 3.59. The van der Waals surface area contributed by atoms with E-state index in [0.29, 0.717) is 5.15 Å². The van der Waals surface area contributed by atoms with Crippen LogP contribution in [-0.2, 0) is 19.5 Å². The molecular weight excluding hydrogens is 414 g/mol. The van der Waals surface area contributed by atoms with Crippen molar-refractivity contribution in [2.24, 2.45) is 4.99 Å². The molecule has 7 nitrogen and oxygen atoms in total. The van der Waals surface area contributed by atoms with Crippen molar-refractivity contribution in [2.45, 2.75) is 38.8 Å². The highest BCUT2D eigenvalue weighted by Gasteiger charge is 2.22. The molecule has 0 atom stereocenters. The first-order valence-electron chi connectivity index (χ1n) is 10.7. The molecule has 0 radical (unpaired) electrons. The fraction of sp³-hybridized carbons (Fsp3) is 0.391. The van der Waals surface area contributed by atoms with Crippen LogP contribution < -0.4 is 9.47 Å². The smallest absolute Gasteiger partial charge is 0.231 e. The van der Waals surface area contributed by atoms with Gasteiger partial charge in [-0.05, 0) is 31.4 Å². The normalized spacial score (nSPS) is 18.2. The van der Waals surface area contributed by atoms with Crippen molar-refractivity contribution in [3.05, 3.63) is 52.2 Å². The Hall–Kier alpha value is -2.77. The summed E-state index contributed by atoms with van der Waals surface area (Å²) in [5.41, 5.74) is 5.20. The van der Waals surface area contributed by atoms with Crippen LogP contribution in [0.15, 0.2) is 29.4 Å². The second-order valence-electron chi connectivity index (χ2n) is 8.25. The number of rotatable bonds is 3. The molecule has 0 fully saturated rings. The van der Waals surface area contributed by atoms with Gasteiger partial charge in [-0.1, -0.05) is 11.6 Å². The molecule has 8 heteroatoms. The van der Waals surface area contributed by atoms with E-state index in [1.54, 1.807) is 0 Å². The lowest BCUT2D eigenvalue weighted by Crippen LogP contribution is -2.31. The fourth-order valence-corrected chi connectivity index (χ4v) is 4.67.